The highest BCUT2D eigenvalue weighted by Crippen LogP contribution is 2.37. The lowest BCUT2D eigenvalue weighted by atomic mass is 9.78. The molecule has 0 spiro atoms. The van der Waals surface area contributed by atoms with Gasteiger partial charge in [0.25, 0.3) is 0 Å². The highest BCUT2D eigenvalue weighted by Gasteiger charge is 2.33. The van der Waals surface area contributed by atoms with E-state index in [0.29, 0.717) is 6.04 Å². The molecule has 1 aromatic heterocycles. The zero-order chi connectivity index (χ0) is 13.2. The predicted molar refractivity (Wildman–Crippen MR) is 77.2 cm³/mol. The van der Waals surface area contributed by atoms with Crippen LogP contribution in [-0.2, 0) is 0 Å². The first-order valence-corrected chi connectivity index (χ1v) is 7.66. The highest BCUT2D eigenvalue weighted by atomic mass is 16.3. The minimum atomic E-state index is -0.426. The molecule has 1 aromatic rings. The number of hydrogen-bond donors (Lipinski definition) is 1. The van der Waals surface area contributed by atoms with Gasteiger partial charge in [-0.15, -0.1) is 0 Å². The molecular weight excluding hydrogens is 236 g/mol. The summed E-state index contributed by atoms with van der Waals surface area (Å²) in [5.41, 5.74) is 0.904. The van der Waals surface area contributed by atoms with Gasteiger partial charge in [0.15, 0.2) is 0 Å². The second-order valence-corrected chi connectivity index (χ2v) is 6.07. The number of pyridine rings is 1. The van der Waals surface area contributed by atoms with Crippen molar-refractivity contribution in [3.63, 3.8) is 0 Å². The van der Waals surface area contributed by atoms with Crippen LogP contribution in [0.1, 0.15) is 57.1 Å². The number of rotatable bonds is 2. The Hall–Kier alpha value is -1.09. The van der Waals surface area contributed by atoms with Gasteiger partial charge in [0.1, 0.15) is 5.82 Å². The Bertz CT molecular complexity index is 413. The van der Waals surface area contributed by atoms with Gasteiger partial charge in [-0.3, -0.25) is 0 Å². The van der Waals surface area contributed by atoms with Gasteiger partial charge in [0.2, 0.25) is 0 Å². The third-order valence-electron chi connectivity index (χ3n) is 4.79. The predicted octanol–water partition coefficient (Wildman–Crippen LogP) is 3.29. The molecule has 0 amide bonds. The van der Waals surface area contributed by atoms with Crippen molar-refractivity contribution in [1.82, 2.24) is 4.98 Å². The molecule has 2 fully saturated rings. The van der Waals surface area contributed by atoms with Crippen LogP contribution < -0.4 is 4.90 Å². The number of aromatic nitrogens is 1. The quantitative estimate of drug-likeness (QED) is 0.886. The molecule has 3 atom stereocenters. The first-order chi connectivity index (χ1) is 9.25. The molecule has 1 N–H and O–H groups in total. The number of piperidine rings is 1. The third-order valence-corrected chi connectivity index (χ3v) is 4.79. The van der Waals surface area contributed by atoms with E-state index in [1.807, 2.05) is 12.3 Å². The minimum absolute atomic E-state index is 0.426. The maximum absolute atomic E-state index is 9.56. The van der Waals surface area contributed by atoms with Crippen LogP contribution in [0.2, 0.25) is 0 Å². The van der Waals surface area contributed by atoms with E-state index >= 15 is 0 Å². The van der Waals surface area contributed by atoms with Crippen molar-refractivity contribution in [2.45, 2.75) is 57.6 Å². The van der Waals surface area contributed by atoms with Gasteiger partial charge >= 0.3 is 0 Å². The van der Waals surface area contributed by atoms with Crippen LogP contribution in [0.15, 0.2) is 18.3 Å². The summed E-state index contributed by atoms with van der Waals surface area (Å²) >= 11 is 0. The molecule has 3 rings (SSSR count). The van der Waals surface area contributed by atoms with E-state index in [1.54, 1.807) is 6.92 Å². The van der Waals surface area contributed by atoms with Crippen molar-refractivity contribution in [2.24, 2.45) is 5.92 Å². The summed E-state index contributed by atoms with van der Waals surface area (Å²) in [7, 11) is 0. The second-order valence-electron chi connectivity index (χ2n) is 6.07. The Balaban J connectivity index is 1.79. The van der Waals surface area contributed by atoms with Gasteiger partial charge in [0, 0.05) is 18.8 Å². The third kappa shape index (κ3) is 2.62. The molecule has 0 unspecified atom stereocenters. The molecule has 2 aliphatic rings. The van der Waals surface area contributed by atoms with Crippen LogP contribution in [0.4, 0.5) is 5.82 Å². The lowest BCUT2D eigenvalue weighted by Crippen LogP contribution is -2.47. The number of hydrogen-bond acceptors (Lipinski definition) is 3. The van der Waals surface area contributed by atoms with Gasteiger partial charge in [-0.05, 0) is 50.2 Å². The number of aliphatic hydroxyl groups is 1. The number of nitrogens with zero attached hydrogens (tertiary/aromatic N) is 2. The molecule has 0 radical (unpaired) electrons. The number of anilines is 1. The fourth-order valence-electron chi connectivity index (χ4n) is 3.72. The molecule has 2 heterocycles. The van der Waals surface area contributed by atoms with E-state index in [2.05, 4.69) is 16.0 Å². The normalized spacial score (nSPS) is 28.8. The van der Waals surface area contributed by atoms with Gasteiger partial charge in [0.05, 0.1) is 6.10 Å². The Morgan fingerprint density at radius 3 is 2.74 bits per heavy atom. The first kappa shape index (κ1) is 12.9. The standard InChI is InChI=1S/C16H24N2O/c1-12(19)14-8-9-16(17-11-14)18-10-4-6-13-5-2-3-7-15(13)18/h8-9,11-13,15,19H,2-7,10H2,1H3/t12-,13-,15-/m1/s1. The summed E-state index contributed by atoms with van der Waals surface area (Å²) < 4.78 is 0. The van der Waals surface area contributed by atoms with Crippen molar-refractivity contribution < 1.29 is 5.11 Å². The monoisotopic (exact) mass is 260 g/mol. The molecular formula is C16H24N2O. The summed E-state index contributed by atoms with van der Waals surface area (Å²) in [5.74, 6) is 1.97. The minimum Gasteiger partial charge on any atom is -0.389 e. The van der Waals surface area contributed by atoms with Gasteiger partial charge in [-0.25, -0.2) is 4.98 Å². The summed E-state index contributed by atoms with van der Waals surface area (Å²) in [6, 6.07) is 4.80. The molecule has 1 aliphatic heterocycles. The smallest absolute Gasteiger partial charge is 0.128 e. The zero-order valence-electron chi connectivity index (χ0n) is 11.8. The van der Waals surface area contributed by atoms with Crippen molar-refractivity contribution in [3.05, 3.63) is 23.9 Å². The van der Waals surface area contributed by atoms with Crippen molar-refractivity contribution in [1.29, 1.82) is 0 Å². The van der Waals surface area contributed by atoms with Crippen molar-refractivity contribution in [2.75, 3.05) is 11.4 Å². The fraction of sp³-hybridized carbons (Fsp3) is 0.688. The fourth-order valence-corrected chi connectivity index (χ4v) is 3.72. The molecule has 1 saturated carbocycles. The van der Waals surface area contributed by atoms with Crippen LogP contribution in [-0.4, -0.2) is 22.7 Å². The van der Waals surface area contributed by atoms with E-state index in [-0.39, 0.29) is 0 Å². The van der Waals surface area contributed by atoms with Crippen LogP contribution in [0.3, 0.4) is 0 Å². The van der Waals surface area contributed by atoms with Gasteiger partial charge in [-0.2, -0.15) is 0 Å². The van der Waals surface area contributed by atoms with Crippen molar-refractivity contribution in [3.8, 4) is 0 Å². The average Bonchev–Trinajstić information content (AvgIpc) is 2.47. The van der Waals surface area contributed by atoms with E-state index < -0.39 is 6.10 Å². The number of fused-ring (bicyclic) bond motifs is 1. The van der Waals surface area contributed by atoms with E-state index in [4.69, 9.17) is 0 Å². The van der Waals surface area contributed by atoms with E-state index in [9.17, 15) is 5.11 Å². The van der Waals surface area contributed by atoms with Crippen LogP contribution >= 0.6 is 0 Å². The molecule has 19 heavy (non-hydrogen) atoms. The molecule has 3 heteroatoms. The summed E-state index contributed by atoms with van der Waals surface area (Å²) in [6.45, 7) is 2.93. The first-order valence-electron chi connectivity index (χ1n) is 7.66. The van der Waals surface area contributed by atoms with E-state index in [0.717, 1.165) is 23.8 Å². The lowest BCUT2D eigenvalue weighted by Gasteiger charge is -2.44. The second kappa shape index (κ2) is 5.49. The van der Waals surface area contributed by atoms with Gasteiger partial charge < -0.3 is 10.0 Å². The summed E-state index contributed by atoms with van der Waals surface area (Å²) in [4.78, 5) is 7.09. The molecule has 104 valence electrons. The molecule has 3 nitrogen and oxygen atoms in total. The lowest BCUT2D eigenvalue weighted by molar-refractivity contribution is 0.199. The highest BCUT2D eigenvalue weighted by molar-refractivity contribution is 5.42. The van der Waals surface area contributed by atoms with Crippen molar-refractivity contribution >= 4 is 5.82 Å². The summed E-state index contributed by atoms with van der Waals surface area (Å²) in [5, 5.41) is 9.56. The SMILES string of the molecule is C[C@@H](O)c1ccc(N2CCC[C@H]3CCCC[C@H]32)nc1. The number of aliphatic hydroxyl groups excluding tert-OH is 1. The van der Waals surface area contributed by atoms with Crippen LogP contribution in [0, 0.1) is 5.92 Å². The molecule has 1 aliphatic carbocycles. The van der Waals surface area contributed by atoms with E-state index in [1.165, 1.54) is 38.5 Å². The van der Waals surface area contributed by atoms with Crippen LogP contribution in [0.5, 0.6) is 0 Å². The Kier molecular flexibility index (Phi) is 3.74. The van der Waals surface area contributed by atoms with Crippen LogP contribution in [0.25, 0.3) is 0 Å². The largest absolute Gasteiger partial charge is 0.389 e. The molecule has 0 aromatic carbocycles. The Morgan fingerprint density at radius 2 is 2.00 bits per heavy atom. The van der Waals surface area contributed by atoms with Gasteiger partial charge in [-0.1, -0.05) is 18.9 Å². The molecule has 0 bridgehead atoms. The Labute approximate surface area is 115 Å². The summed E-state index contributed by atoms with van der Waals surface area (Å²) in [6.07, 6.45) is 9.58. The average molecular weight is 260 g/mol. The molecule has 1 saturated heterocycles. The zero-order valence-corrected chi connectivity index (χ0v) is 11.8. The maximum Gasteiger partial charge on any atom is 0.128 e. The maximum atomic E-state index is 9.56. The topological polar surface area (TPSA) is 36.4 Å². The Morgan fingerprint density at radius 1 is 1.21 bits per heavy atom.